The Balaban J connectivity index is 2.34. The maximum Gasteiger partial charge on any atom is 0.250 e. The van der Waals surface area contributed by atoms with Gasteiger partial charge in [-0.3, -0.25) is 4.79 Å². The van der Waals surface area contributed by atoms with Crippen LogP contribution in [0, 0.1) is 0 Å². The molecule has 1 aromatic heterocycles. The Hall–Kier alpha value is -1.86. The molecule has 0 aliphatic heterocycles. The van der Waals surface area contributed by atoms with E-state index in [0.717, 1.165) is 6.54 Å². The van der Waals surface area contributed by atoms with E-state index in [0.29, 0.717) is 25.6 Å². The van der Waals surface area contributed by atoms with Crippen molar-refractivity contribution in [1.82, 2.24) is 9.88 Å². The summed E-state index contributed by atoms with van der Waals surface area (Å²) < 4.78 is 5.42. The lowest BCUT2D eigenvalue weighted by molar-refractivity contribution is 0.100. The van der Waals surface area contributed by atoms with E-state index in [-0.39, 0.29) is 11.3 Å². The first-order valence-electron chi connectivity index (χ1n) is 6.02. The molecule has 0 bridgehead atoms. The highest BCUT2D eigenvalue weighted by atomic mass is 16.5. The highest BCUT2D eigenvalue weighted by Gasteiger charge is 2.07. The van der Waals surface area contributed by atoms with Gasteiger partial charge in [-0.15, -0.1) is 0 Å². The van der Waals surface area contributed by atoms with Crippen molar-refractivity contribution in [1.29, 1.82) is 0 Å². The molecule has 1 aromatic rings. The molecule has 0 saturated heterocycles. The fourth-order valence-electron chi connectivity index (χ4n) is 1.38. The molecule has 0 aliphatic rings. The average Bonchev–Trinajstić information content (AvgIpc) is 2.34. The van der Waals surface area contributed by atoms with Crippen LogP contribution >= 0.6 is 0 Å². The zero-order valence-electron chi connectivity index (χ0n) is 11.3. The van der Waals surface area contributed by atoms with Gasteiger partial charge in [0.25, 0.3) is 5.91 Å². The summed E-state index contributed by atoms with van der Waals surface area (Å²) in [6, 6.07) is 1.54. The van der Waals surface area contributed by atoms with Crippen LogP contribution in [0.3, 0.4) is 0 Å². The van der Waals surface area contributed by atoms with Gasteiger partial charge in [0, 0.05) is 13.1 Å². The van der Waals surface area contributed by atoms with Gasteiger partial charge < -0.3 is 26.4 Å². The number of amides is 1. The van der Waals surface area contributed by atoms with E-state index in [1.807, 2.05) is 19.0 Å². The van der Waals surface area contributed by atoms with Gasteiger partial charge in [-0.1, -0.05) is 0 Å². The van der Waals surface area contributed by atoms with Crippen molar-refractivity contribution in [3.8, 4) is 0 Å². The molecule has 0 fully saturated rings. The van der Waals surface area contributed by atoms with Crippen molar-refractivity contribution in [2.45, 2.75) is 0 Å². The van der Waals surface area contributed by atoms with Crippen LogP contribution in [0.15, 0.2) is 12.3 Å². The Morgan fingerprint density at radius 1 is 1.47 bits per heavy atom. The zero-order valence-corrected chi connectivity index (χ0v) is 11.3. The highest BCUT2D eigenvalue weighted by Crippen LogP contribution is 2.13. The number of aromatic nitrogens is 1. The standard InChI is InChI=1S/C12H21N5O2/c1-17(2)4-6-19-5-3-15-11-7-9(12(14)18)10(13)8-16-11/h7-8H,3-6,13H2,1-2H3,(H2,14,18)(H,15,16). The van der Waals surface area contributed by atoms with E-state index in [2.05, 4.69) is 10.3 Å². The normalized spacial score (nSPS) is 10.7. The Kier molecular flexibility index (Phi) is 6.04. The molecule has 0 aromatic carbocycles. The van der Waals surface area contributed by atoms with Crippen molar-refractivity contribution in [3.63, 3.8) is 0 Å². The molecule has 0 atom stereocenters. The summed E-state index contributed by atoms with van der Waals surface area (Å²) in [7, 11) is 3.98. The number of primary amides is 1. The summed E-state index contributed by atoms with van der Waals surface area (Å²) in [5.41, 5.74) is 11.3. The molecule has 0 radical (unpaired) electrons. The number of pyridine rings is 1. The van der Waals surface area contributed by atoms with Crippen LogP contribution in [-0.2, 0) is 4.74 Å². The summed E-state index contributed by atoms with van der Waals surface area (Å²) in [5.74, 6) is -0.00982. The molecule has 5 N–H and O–H groups in total. The number of hydrogen-bond acceptors (Lipinski definition) is 6. The lowest BCUT2D eigenvalue weighted by atomic mass is 10.2. The second-order valence-electron chi connectivity index (χ2n) is 4.36. The van der Waals surface area contributed by atoms with Crippen LogP contribution < -0.4 is 16.8 Å². The SMILES string of the molecule is CN(C)CCOCCNc1cc(C(N)=O)c(N)cn1. The number of nitrogens with one attached hydrogen (secondary N) is 1. The van der Waals surface area contributed by atoms with Crippen molar-refractivity contribution in [2.75, 3.05) is 51.4 Å². The van der Waals surface area contributed by atoms with Crippen LogP contribution in [0.4, 0.5) is 11.5 Å². The molecule has 0 unspecified atom stereocenters. The third-order valence-electron chi connectivity index (χ3n) is 2.44. The molecule has 1 heterocycles. The molecule has 1 amide bonds. The number of nitrogens with two attached hydrogens (primary N) is 2. The summed E-state index contributed by atoms with van der Waals surface area (Å²) in [5, 5.41) is 3.04. The van der Waals surface area contributed by atoms with E-state index < -0.39 is 5.91 Å². The van der Waals surface area contributed by atoms with Gasteiger partial charge in [-0.05, 0) is 20.2 Å². The topological polar surface area (TPSA) is 106 Å². The maximum absolute atomic E-state index is 11.1. The van der Waals surface area contributed by atoms with Crippen LogP contribution in [0.1, 0.15) is 10.4 Å². The average molecular weight is 267 g/mol. The van der Waals surface area contributed by atoms with Gasteiger partial charge >= 0.3 is 0 Å². The predicted molar refractivity (Wildman–Crippen MR) is 75.0 cm³/mol. The first-order chi connectivity index (χ1) is 9.00. The number of carbonyl (C=O) groups is 1. The second-order valence-corrected chi connectivity index (χ2v) is 4.36. The first-order valence-corrected chi connectivity index (χ1v) is 6.02. The number of anilines is 2. The molecule has 1 rings (SSSR count). The fraction of sp³-hybridized carbons (Fsp3) is 0.500. The van der Waals surface area contributed by atoms with Gasteiger partial charge in [0.1, 0.15) is 5.82 Å². The van der Waals surface area contributed by atoms with Crippen molar-refractivity contribution >= 4 is 17.4 Å². The smallest absolute Gasteiger partial charge is 0.250 e. The summed E-state index contributed by atoms with van der Waals surface area (Å²) in [6.07, 6.45) is 1.41. The van der Waals surface area contributed by atoms with Crippen molar-refractivity contribution in [2.24, 2.45) is 5.73 Å². The fourth-order valence-corrected chi connectivity index (χ4v) is 1.38. The largest absolute Gasteiger partial charge is 0.397 e. The molecule has 19 heavy (non-hydrogen) atoms. The van der Waals surface area contributed by atoms with Gasteiger partial charge in [0.05, 0.1) is 30.7 Å². The van der Waals surface area contributed by atoms with E-state index in [9.17, 15) is 4.79 Å². The van der Waals surface area contributed by atoms with Gasteiger partial charge in [-0.25, -0.2) is 4.98 Å². The monoisotopic (exact) mass is 267 g/mol. The van der Waals surface area contributed by atoms with E-state index in [4.69, 9.17) is 16.2 Å². The molecule has 106 valence electrons. The lowest BCUT2D eigenvalue weighted by Crippen LogP contribution is -2.20. The molecular formula is C12H21N5O2. The Labute approximate surface area is 112 Å². The van der Waals surface area contributed by atoms with Gasteiger partial charge in [0.2, 0.25) is 0 Å². The number of nitrogens with zero attached hydrogens (tertiary/aromatic N) is 2. The number of likely N-dealkylation sites (N-methyl/N-ethyl adjacent to an activating group) is 1. The molecule has 7 nitrogen and oxygen atoms in total. The molecule has 7 heteroatoms. The van der Waals surface area contributed by atoms with Gasteiger partial charge in [0.15, 0.2) is 0 Å². The summed E-state index contributed by atoms with van der Waals surface area (Å²) >= 11 is 0. The van der Waals surface area contributed by atoms with Crippen molar-refractivity contribution in [3.05, 3.63) is 17.8 Å². The first kappa shape index (κ1) is 15.2. The van der Waals surface area contributed by atoms with E-state index in [1.165, 1.54) is 12.3 Å². The molecular weight excluding hydrogens is 246 g/mol. The Morgan fingerprint density at radius 3 is 2.84 bits per heavy atom. The third kappa shape index (κ3) is 5.54. The Bertz CT molecular complexity index is 423. The molecule has 0 aliphatic carbocycles. The van der Waals surface area contributed by atoms with Crippen molar-refractivity contribution < 1.29 is 9.53 Å². The van der Waals surface area contributed by atoms with Crippen LogP contribution in [-0.4, -0.2) is 56.2 Å². The summed E-state index contributed by atoms with van der Waals surface area (Å²) in [6.45, 7) is 2.72. The number of carbonyl (C=O) groups excluding carboxylic acids is 1. The summed E-state index contributed by atoms with van der Waals surface area (Å²) in [4.78, 5) is 17.2. The molecule has 0 saturated carbocycles. The van der Waals surface area contributed by atoms with Crippen LogP contribution in [0.25, 0.3) is 0 Å². The second kappa shape index (κ2) is 7.55. The minimum absolute atomic E-state index is 0.269. The predicted octanol–water partition coefficient (Wildman–Crippen LogP) is -0.247. The highest BCUT2D eigenvalue weighted by molar-refractivity contribution is 5.98. The quantitative estimate of drug-likeness (QED) is 0.561. The minimum Gasteiger partial charge on any atom is -0.397 e. The zero-order chi connectivity index (χ0) is 14.3. The van der Waals surface area contributed by atoms with Crippen LogP contribution in [0.2, 0.25) is 0 Å². The third-order valence-corrected chi connectivity index (χ3v) is 2.44. The Morgan fingerprint density at radius 2 is 2.21 bits per heavy atom. The number of nitrogen functional groups attached to an aromatic ring is 1. The number of ether oxygens (including phenoxy) is 1. The number of rotatable bonds is 8. The van der Waals surface area contributed by atoms with Gasteiger partial charge in [-0.2, -0.15) is 0 Å². The lowest BCUT2D eigenvalue weighted by Gasteiger charge is -2.11. The number of hydrogen-bond donors (Lipinski definition) is 3. The molecule has 0 spiro atoms. The van der Waals surface area contributed by atoms with Crippen LogP contribution in [0.5, 0.6) is 0 Å². The van der Waals surface area contributed by atoms with E-state index >= 15 is 0 Å². The minimum atomic E-state index is -0.565. The van der Waals surface area contributed by atoms with E-state index in [1.54, 1.807) is 0 Å². The maximum atomic E-state index is 11.1.